The van der Waals surface area contributed by atoms with Crippen molar-refractivity contribution in [1.29, 1.82) is 0 Å². The van der Waals surface area contributed by atoms with Gasteiger partial charge in [-0.25, -0.2) is 12.7 Å². The molecule has 0 saturated heterocycles. The first kappa shape index (κ1) is 14.8. The zero-order chi connectivity index (χ0) is 14.9. The second-order valence-corrected chi connectivity index (χ2v) is 6.94. The van der Waals surface area contributed by atoms with Gasteiger partial charge in [0.1, 0.15) is 4.90 Å². The molecule has 2 rings (SSSR count). The standard InChI is InChI=1S/C13H19N3O3S/c1-9(17)5-6-16(2)20(18,19)13-8-15-12-7-10(14)3-4-11(12)13/h3-4,7-9,15,17H,5-6,14H2,1-2H3. The number of aliphatic hydroxyl groups excluding tert-OH is 1. The van der Waals surface area contributed by atoms with Crippen LogP contribution >= 0.6 is 0 Å². The van der Waals surface area contributed by atoms with Crippen LogP contribution < -0.4 is 5.73 Å². The molecule has 1 heterocycles. The molecule has 0 amide bonds. The van der Waals surface area contributed by atoms with E-state index in [-0.39, 0.29) is 11.4 Å². The Balaban J connectivity index is 2.36. The number of fused-ring (bicyclic) bond motifs is 1. The summed E-state index contributed by atoms with van der Waals surface area (Å²) in [5, 5.41) is 9.87. The highest BCUT2D eigenvalue weighted by Gasteiger charge is 2.24. The van der Waals surface area contributed by atoms with Gasteiger partial charge in [-0.1, -0.05) is 0 Å². The maximum Gasteiger partial charge on any atom is 0.244 e. The van der Waals surface area contributed by atoms with Gasteiger partial charge in [0, 0.05) is 36.4 Å². The van der Waals surface area contributed by atoms with Crippen molar-refractivity contribution in [2.45, 2.75) is 24.3 Å². The number of anilines is 1. The summed E-state index contributed by atoms with van der Waals surface area (Å²) in [5.74, 6) is 0. The zero-order valence-corrected chi connectivity index (χ0v) is 12.3. The molecule has 1 aromatic heterocycles. The number of H-pyrrole nitrogens is 1. The maximum absolute atomic E-state index is 12.5. The first-order valence-corrected chi connectivity index (χ1v) is 7.77. The van der Waals surface area contributed by atoms with E-state index >= 15 is 0 Å². The molecule has 1 atom stereocenters. The minimum absolute atomic E-state index is 0.223. The topological polar surface area (TPSA) is 99.4 Å². The number of rotatable bonds is 5. The van der Waals surface area contributed by atoms with Crippen molar-refractivity contribution in [2.24, 2.45) is 0 Å². The quantitative estimate of drug-likeness (QED) is 0.721. The molecule has 0 fully saturated rings. The Morgan fingerprint density at radius 3 is 2.80 bits per heavy atom. The Bertz CT molecular complexity index is 707. The largest absolute Gasteiger partial charge is 0.399 e. The van der Waals surface area contributed by atoms with E-state index < -0.39 is 16.1 Å². The third-order valence-corrected chi connectivity index (χ3v) is 5.11. The molecule has 20 heavy (non-hydrogen) atoms. The van der Waals surface area contributed by atoms with Crippen molar-refractivity contribution in [3.8, 4) is 0 Å². The van der Waals surface area contributed by atoms with Crippen molar-refractivity contribution in [1.82, 2.24) is 9.29 Å². The van der Waals surface area contributed by atoms with Gasteiger partial charge in [-0.2, -0.15) is 0 Å². The number of hydrogen-bond acceptors (Lipinski definition) is 4. The number of aromatic nitrogens is 1. The van der Waals surface area contributed by atoms with Crippen LogP contribution in [0.15, 0.2) is 29.3 Å². The van der Waals surface area contributed by atoms with Crippen LogP contribution in [0.4, 0.5) is 5.69 Å². The number of aromatic amines is 1. The Hall–Kier alpha value is -1.57. The Morgan fingerprint density at radius 2 is 2.15 bits per heavy atom. The number of sulfonamides is 1. The molecule has 4 N–H and O–H groups in total. The average molecular weight is 297 g/mol. The van der Waals surface area contributed by atoms with Gasteiger partial charge >= 0.3 is 0 Å². The fraction of sp³-hybridized carbons (Fsp3) is 0.385. The summed E-state index contributed by atoms with van der Waals surface area (Å²) in [4.78, 5) is 3.14. The molecule has 110 valence electrons. The van der Waals surface area contributed by atoms with Gasteiger partial charge in [0.25, 0.3) is 0 Å². The molecule has 0 bridgehead atoms. The lowest BCUT2D eigenvalue weighted by Crippen LogP contribution is -2.29. The van der Waals surface area contributed by atoms with Crippen LogP contribution in [0.3, 0.4) is 0 Å². The van der Waals surface area contributed by atoms with Gasteiger partial charge < -0.3 is 15.8 Å². The highest BCUT2D eigenvalue weighted by molar-refractivity contribution is 7.89. The Kier molecular flexibility index (Phi) is 4.03. The molecular weight excluding hydrogens is 278 g/mol. The fourth-order valence-electron chi connectivity index (χ4n) is 1.99. The van der Waals surface area contributed by atoms with Crippen LogP contribution in [-0.2, 0) is 10.0 Å². The molecule has 7 heteroatoms. The Labute approximate surface area is 118 Å². The molecule has 0 radical (unpaired) electrons. The van der Waals surface area contributed by atoms with Gasteiger partial charge in [-0.3, -0.25) is 0 Å². The van der Waals surface area contributed by atoms with Crippen molar-refractivity contribution in [2.75, 3.05) is 19.3 Å². The number of benzene rings is 1. The van der Waals surface area contributed by atoms with E-state index in [1.165, 1.54) is 17.5 Å². The lowest BCUT2D eigenvalue weighted by Gasteiger charge is -2.17. The normalized spacial score (nSPS) is 14.0. The monoisotopic (exact) mass is 297 g/mol. The molecule has 0 spiro atoms. The van der Waals surface area contributed by atoms with E-state index in [0.717, 1.165) is 0 Å². The van der Waals surface area contributed by atoms with Crippen LogP contribution in [0.1, 0.15) is 13.3 Å². The zero-order valence-electron chi connectivity index (χ0n) is 11.5. The van der Waals surface area contributed by atoms with Gasteiger partial charge in [-0.05, 0) is 31.5 Å². The Morgan fingerprint density at radius 1 is 1.45 bits per heavy atom. The van der Waals surface area contributed by atoms with Crippen molar-refractivity contribution >= 4 is 26.6 Å². The number of nitrogens with two attached hydrogens (primary N) is 1. The molecule has 2 aromatic rings. The summed E-state index contributed by atoms with van der Waals surface area (Å²) in [6, 6.07) is 5.06. The van der Waals surface area contributed by atoms with Gasteiger partial charge in [0.2, 0.25) is 10.0 Å². The second kappa shape index (κ2) is 5.43. The number of hydrogen-bond donors (Lipinski definition) is 3. The van der Waals surface area contributed by atoms with Crippen molar-refractivity contribution < 1.29 is 13.5 Å². The maximum atomic E-state index is 12.5. The molecule has 6 nitrogen and oxygen atoms in total. The number of aliphatic hydroxyl groups is 1. The summed E-state index contributed by atoms with van der Waals surface area (Å²) in [5.41, 5.74) is 6.94. The van der Waals surface area contributed by atoms with Gasteiger partial charge in [0.05, 0.1) is 6.10 Å². The van der Waals surface area contributed by atoms with E-state index in [2.05, 4.69) is 4.98 Å². The number of nitrogens with one attached hydrogen (secondary N) is 1. The summed E-state index contributed by atoms with van der Waals surface area (Å²) < 4.78 is 26.2. The van der Waals surface area contributed by atoms with Crippen LogP contribution in [0.5, 0.6) is 0 Å². The van der Waals surface area contributed by atoms with Crippen molar-refractivity contribution in [3.05, 3.63) is 24.4 Å². The highest BCUT2D eigenvalue weighted by Crippen LogP contribution is 2.26. The van der Waals surface area contributed by atoms with E-state index in [9.17, 15) is 13.5 Å². The average Bonchev–Trinajstić information content (AvgIpc) is 2.79. The minimum Gasteiger partial charge on any atom is -0.399 e. The summed E-state index contributed by atoms with van der Waals surface area (Å²) >= 11 is 0. The van der Waals surface area contributed by atoms with Crippen molar-refractivity contribution in [3.63, 3.8) is 0 Å². The number of nitrogen functional groups attached to an aromatic ring is 1. The summed E-state index contributed by atoms with van der Waals surface area (Å²) in [6.07, 6.45) is 1.33. The fourth-order valence-corrected chi connectivity index (χ4v) is 3.33. The van der Waals surface area contributed by atoms with Crippen LogP contribution in [0, 0.1) is 0 Å². The lowest BCUT2D eigenvalue weighted by atomic mass is 10.2. The van der Waals surface area contributed by atoms with Crippen LogP contribution in [0.2, 0.25) is 0 Å². The molecule has 1 unspecified atom stereocenters. The predicted molar refractivity (Wildman–Crippen MR) is 78.8 cm³/mol. The SMILES string of the molecule is CC(O)CCN(C)S(=O)(=O)c1c[nH]c2cc(N)ccc12. The van der Waals surface area contributed by atoms with Crippen LogP contribution in [-0.4, -0.2) is 42.5 Å². The van der Waals surface area contributed by atoms with E-state index in [4.69, 9.17) is 5.73 Å². The predicted octanol–water partition coefficient (Wildman–Crippen LogP) is 1.14. The highest BCUT2D eigenvalue weighted by atomic mass is 32.2. The van der Waals surface area contributed by atoms with E-state index in [0.29, 0.717) is 23.0 Å². The smallest absolute Gasteiger partial charge is 0.244 e. The summed E-state index contributed by atoms with van der Waals surface area (Å²) in [7, 11) is -2.07. The lowest BCUT2D eigenvalue weighted by molar-refractivity contribution is 0.177. The van der Waals surface area contributed by atoms with E-state index in [1.54, 1.807) is 25.1 Å². The van der Waals surface area contributed by atoms with Gasteiger partial charge in [-0.15, -0.1) is 0 Å². The first-order valence-electron chi connectivity index (χ1n) is 6.33. The third-order valence-electron chi connectivity index (χ3n) is 3.22. The second-order valence-electron chi connectivity index (χ2n) is 4.92. The molecule has 0 aliphatic carbocycles. The van der Waals surface area contributed by atoms with Gasteiger partial charge in [0.15, 0.2) is 0 Å². The van der Waals surface area contributed by atoms with E-state index in [1.807, 2.05) is 0 Å². The minimum atomic E-state index is -3.58. The number of nitrogens with zero attached hydrogens (tertiary/aromatic N) is 1. The third kappa shape index (κ3) is 2.79. The van der Waals surface area contributed by atoms with Crippen LogP contribution in [0.25, 0.3) is 10.9 Å². The molecule has 1 aromatic carbocycles. The first-order chi connectivity index (χ1) is 9.32. The summed E-state index contributed by atoms with van der Waals surface area (Å²) in [6.45, 7) is 1.90. The molecule has 0 aliphatic heterocycles. The molecule has 0 saturated carbocycles. The molecular formula is C13H19N3O3S. The molecule has 0 aliphatic rings.